The number of halogens is 1. The van der Waals surface area contributed by atoms with Crippen molar-refractivity contribution in [2.45, 2.75) is 26.2 Å². The minimum Gasteiger partial charge on any atom is -0.454 e. The van der Waals surface area contributed by atoms with E-state index in [2.05, 4.69) is 19.4 Å². The summed E-state index contributed by atoms with van der Waals surface area (Å²) in [5.74, 6) is 0.609. The van der Waals surface area contributed by atoms with E-state index >= 15 is 0 Å². The van der Waals surface area contributed by atoms with Crippen molar-refractivity contribution in [3.05, 3.63) is 66.3 Å². The third-order valence-electron chi connectivity index (χ3n) is 2.92. The average molecular weight is 296 g/mol. The van der Waals surface area contributed by atoms with Crippen molar-refractivity contribution in [1.29, 1.82) is 0 Å². The summed E-state index contributed by atoms with van der Waals surface area (Å²) in [5.41, 5.74) is 1.22. The molecule has 0 radical (unpaired) electrons. The van der Waals surface area contributed by atoms with E-state index in [-0.39, 0.29) is 63.0 Å². The molecule has 1 nitrogen and oxygen atoms in total. The largest absolute Gasteiger partial charge is 1.00 e. The molecule has 2 aromatic carbocycles. The van der Waals surface area contributed by atoms with E-state index in [1.807, 2.05) is 18.2 Å². The Morgan fingerprint density at radius 2 is 1.90 bits per heavy atom. The van der Waals surface area contributed by atoms with Gasteiger partial charge < -0.3 is 11.2 Å². The Bertz CT molecular complexity index is 528. The molecule has 0 bridgehead atoms. The van der Waals surface area contributed by atoms with Gasteiger partial charge in [-0.25, -0.2) is 4.39 Å². The maximum absolute atomic E-state index is 13.5. The smallest absolute Gasteiger partial charge is 0.454 e. The van der Waals surface area contributed by atoms with E-state index in [1.165, 1.54) is 11.6 Å². The topological polar surface area (TPSA) is 9.23 Å². The Kier molecular flexibility index (Phi) is 8.65. The molecule has 100 valence electrons. The quantitative estimate of drug-likeness (QED) is 0.451. The van der Waals surface area contributed by atoms with Gasteiger partial charge in [-0.2, -0.15) is 13.3 Å². The predicted octanol–water partition coefficient (Wildman–Crippen LogP) is 2.17. The zero-order valence-electron chi connectivity index (χ0n) is 12.1. The molecular weight excluding hydrogens is 278 g/mol. The minimum absolute atomic E-state index is 0. The number of unbranched alkanes of at least 4 members (excludes halogenated alkanes) is 2. The summed E-state index contributed by atoms with van der Waals surface area (Å²) >= 11 is 0. The molecule has 2 rings (SSSR count). The normalized spacial score (nSPS) is 9.90. The summed E-state index contributed by atoms with van der Waals surface area (Å²) < 4.78 is 19.1. The fourth-order valence-electron chi connectivity index (χ4n) is 1.93. The van der Waals surface area contributed by atoms with Gasteiger partial charge in [0, 0.05) is 0 Å². The Morgan fingerprint density at radius 3 is 2.65 bits per heavy atom. The first kappa shape index (κ1) is 17.9. The minimum atomic E-state index is -0.339. The number of hydrogen-bond acceptors (Lipinski definition) is 1. The van der Waals surface area contributed by atoms with Crippen molar-refractivity contribution in [2.24, 2.45) is 0 Å². The van der Waals surface area contributed by atoms with Gasteiger partial charge in [0.2, 0.25) is 0 Å². The molecule has 0 spiro atoms. The van der Waals surface area contributed by atoms with Crippen molar-refractivity contribution < 1.29 is 60.5 Å². The summed E-state index contributed by atoms with van der Waals surface area (Å²) in [4.78, 5) is 0. The number of rotatable bonds is 6. The Balaban J connectivity index is 0.00000200. The van der Waals surface area contributed by atoms with Gasteiger partial charge in [-0.3, -0.25) is 0 Å². The summed E-state index contributed by atoms with van der Waals surface area (Å²) in [6, 6.07) is 14.3. The van der Waals surface area contributed by atoms with Gasteiger partial charge in [-0.15, -0.1) is 0 Å². The predicted molar refractivity (Wildman–Crippen MR) is 75.8 cm³/mol. The first-order valence-corrected chi connectivity index (χ1v) is 6.59. The van der Waals surface area contributed by atoms with Gasteiger partial charge in [-0.1, -0.05) is 30.7 Å². The van der Waals surface area contributed by atoms with Crippen LogP contribution < -0.4 is 56.1 Å². The van der Waals surface area contributed by atoms with Gasteiger partial charge in [0.1, 0.15) is 5.75 Å². The maximum Gasteiger partial charge on any atom is 1.00 e. The second-order valence-corrected chi connectivity index (χ2v) is 4.48. The number of para-hydroxylation sites is 1. The maximum atomic E-state index is 13.5. The van der Waals surface area contributed by atoms with E-state index in [9.17, 15) is 4.39 Å². The van der Waals surface area contributed by atoms with Crippen molar-refractivity contribution in [3.8, 4) is 11.5 Å². The van der Waals surface area contributed by atoms with Crippen molar-refractivity contribution in [1.82, 2.24) is 0 Å². The molecule has 0 unspecified atom stereocenters. The molecule has 2 aromatic rings. The summed E-state index contributed by atoms with van der Waals surface area (Å²) in [5, 5.41) is 0. The van der Waals surface area contributed by atoms with Crippen LogP contribution in [0, 0.1) is 12.2 Å². The van der Waals surface area contributed by atoms with Gasteiger partial charge in [0.05, 0.1) is 0 Å². The molecule has 0 aromatic heterocycles. The third kappa shape index (κ3) is 5.66. The first-order valence-electron chi connectivity index (χ1n) is 6.59. The average Bonchev–Trinajstić information content (AvgIpc) is 2.42. The zero-order chi connectivity index (χ0) is 13.5. The van der Waals surface area contributed by atoms with Gasteiger partial charge in [0.25, 0.3) is 0 Å². The van der Waals surface area contributed by atoms with E-state index in [1.54, 1.807) is 18.2 Å². The van der Waals surface area contributed by atoms with E-state index in [0.717, 1.165) is 19.3 Å². The molecular formula is C17H18FKO. The fourth-order valence-corrected chi connectivity index (χ4v) is 1.93. The molecule has 0 aliphatic heterocycles. The van der Waals surface area contributed by atoms with Crippen LogP contribution in [0.15, 0.2) is 48.5 Å². The molecule has 0 saturated carbocycles. The van der Waals surface area contributed by atoms with Crippen molar-refractivity contribution in [3.63, 3.8) is 0 Å². The van der Waals surface area contributed by atoms with Gasteiger partial charge >= 0.3 is 51.4 Å². The number of ether oxygens (including phenoxy) is 1. The van der Waals surface area contributed by atoms with Crippen molar-refractivity contribution >= 4 is 0 Å². The molecule has 0 heterocycles. The molecule has 0 fully saturated rings. The standard InChI is InChI=1S/C17H18FO.K/c1-2-3-4-8-14-9-7-10-15(13-14)19-17-12-6-5-11-16(17)18;/h2,5-7,9-13H,3-4,8H2,1H3;/q-1;+1. The summed E-state index contributed by atoms with van der Waals surface area (Å²) in [6.45, 7) is 2.07. The second kappa shape index (κ2) is 9.69. The van der Waals surface area contributed by atoms with Crippen LogP contribution in [0.1, 0.15) is 25.3 Å². The van der Waals surface area contributed by atoms with Crippen LogP contribution in [-0.4, -0.2) is 0 Å². The molecule has 0 amide bonds. The van der Waals surface area contributed by atoms with Crippen LogP contribution in [0.4, 0.5) is 4.39 Å². The number of benzene rings is 2. The van der Waals surface area contributed by atoms with Crippen LogP contribution >= 0.6 is 0 Å². The molecule has 0 N–H and O–H groups in total. The fraction of sp³-hybridized carbons (Fsp3) is 0.235. The van der Waals surface area contributed by atoms with Crippen LogP contribution in [0.5, 0.6) is 11.5 Å². The van der Waals surface area contributed by atoms with E-state index in [0.29, 0.717) is 5.75 Å². The zero-order valence-corrected chi connectivity index (χ0v) is 15.2. The molecule has 0 atom stereocenters. The Hall–Kier alpha value is -0.194. The first-order chi connectivity index (χ1) is 9.29. The molecule has 0 aliphatic carbocycles. The third-order valence-corrected chi connectivity index (χ3v) is 2.92. The SMILES string of the molecule is C[CH-]CCCc1cccc(Oc2ccccc2F)c1.[K+]. The Morgan fingerprint density at radius 1 is 1.10 bits per heavy atom. The van der Waals surface area contributed by atoms with Crippen LogP contribution in [0.3, 0.4) is 0 Å². The van der Waals surface area contributed by atoms with Gasteiger partial charge in [-0.05, 0) is 36.2 Å². The molecule has 3 heteroatoms. The molecule has 0 aliphatic rings. The summed E-state index contributed by atoms with van der Waals surface area (Å²) in [7, 11) is 0. The number of aryl methyl sites for hydroxylation is 1. The van der Waals surface area contributed by atoms with Crippen LogP contribution in [0.2, 0.25) is 0 Å². The van der Waals surface area contributed by atoms with Crippen molar-refractivity contribution in [2.75, 3.05) is 0 Å². The molecule has 20 heavy (non-hydrogen) atoms. The van der Waals surface area contributed by atoms with E-state index in [4.69, 9.17) is 4.74 Å². The monoisotopic (exact) mass is 296 g/mol. The summed E-state index contributed by atoms with van der Waals surface area (Å²) in [6.07, 6.45) is 5.41. The van der Waals surface area contributed by atoms with Gasteiger partial charge in [0.15, 0.2) is 11.6 Å². The number of hydrogen-bond donors (Lipinski definition) is 0. The van der Waals surface area contributed by atoms with Crippen LogP contribution in [0.25, 0.3) is 0 Å². The van der Waals surface area contributed by atoms with Crippen LogP contribution in [-0.2, 0) is 6.42 Å². The van der Waals surface area contributed by atoms with E-state index < -0.39 is 0 Å². The Labute approximate surface area is 163 Å². The molecule has 0 saturated heterocycles. The second-order valence-electron chi connectivity index (χ2n) is 4.48.